The molecule has 144 valence electrons. The van der Waals surface area contributed by atoms with Gasteiger partial charge in [-0.25, -0.2) is 0 Å². The minimum Gasteiger partial charge on any atom is -0.505 e. The number of Topliss-reactive ketones (excluding diaryl/α,β-unsaturated/α-hetero) is 1. The molecule has 0 atom stereocenters. The summed E-state index contributed by atoms with van der Waals surface area (Å²) in [6.07, 6.45) is 0. The molecule has 3 aromatic rings. The molecule has 3 aromatic carbocycles. The van der Waals surface area contributed by atoms with E-state index in [0.29, 0.717) is 27.3 Å². The molecule has 0 unspecified atom stereocenters. The number of aromatic hydroxyl groups is 1. The Balaban J connectivity index is 1.83. The van der Waals surface area contributed by atoms with E-state index in [4.69, 9.17) is 34.8 Å². The monoisotopic (exact) mass is 451 g/mol. The Hall–Kier alpha value is -1.85. The maximum absolute atomic E-state index is 11.7. The molecule has 0 spiro atoms. The maximum atomic E-state index is 11.7. The molecule has 0 saturated heterocycles. The molecule has 0 heterocycles. The first-order valence-corrected chi connectivity index (χ1v) is 10.3. The highest BCUT2D eigenvalue weighted by molar-refractivity contribution is 7.99. The third-order valence-electron chi connectivity index (χ3n) is 4.01. The van der Waals surface area contributed by atoms with Crippen LogP contribution < -0.4 is 5.32 Å². The van der Waals surface area contributed by atoms with Crippen molar-refractivity contribution in [1.82, 2.24) is 0 Å². The Morgan fingerprint density at radius 1 is 1.04 bits per heavy atom. The highest BCUT2D eigenvalue weighted by atomic mass is 35.5. The number of ketones is 1. The number of anilines is 1. The molecule has 28 heavy (non-hydrogen) atoms. The quantitative estimate of drug-likeness (QED) is 0.304. The fraction of sp³-hybridized carbons (Fsp3) is 0.0952. The first kappa shape index (κ1) is 20.9. The predicted molar refractivity (Wildman–Crippen MR) is 117 cm³/mol. The molecule has 0 fully saturated rings. The van der Waals surface area contributed by atoms with Crippen molar-refractivity contribution < 1.29 is 9.90 Å². The second-order valence-electron chi connectivity index (χ2n) is 6.04. The zero-order chi connectivity index (χ0) is 20.3. The number of nitrogens with one attached hydrogen (secondary N) is 1. The first-order chi connectivity index (χ1) is 13.3. The Labute approximate surface area is 182 Å². The van der Waals surface area contributed by atoms with Gasteiger partial charge in [0, 0.05) is 21.4 Å². The summed E-state index contributed by atoms with van der Waals surface area (Å²) >= 11 is 19.7. The largest absolute Gasteiger partial charge is 0.505 e. The molecule has 0 aliphatic rings. The smallest absolute Gasteiger partial charge is 0.163 e. The molecular weight excluding hydrogens is 437 g/mol. The van der Waals surface area contributed by atoms with Crippen molar-refractivity contribution in [3.05, 3.63) is 80.8 Å². The summed E-state index contributed by atoms with van der Waals surface area (Å²) in [7, 11) is 0. The average Bonchev–Trinajstić information content (AvgIpc) is 2.66. The molecule has 0 aromatic heterocycles. The number of hydrogen-bond donors (Lipinski definition) is 2. The van der Waals surface area contributed by atoms with Crippen LogP contribution in [-0.2, 0) is 6.54 Å². The molecule has 3 nitrogen and oxygen atoms in total. The summed E-state index contributed by atoms with van der Waals surface area (Å²) < 4.78 is 0. The van der Waals surface area contributed by atoms with Gasteiger partial charge in [0.25, 0.3) is 0 Å². The van der Waals surface area contributed by atoms with Gasteiger partial charge in [-0.15, -0.1) is 0 Å². The van der Waals surface area contributed by atoms with Crippen LogP contribution in [0.3, 0.4) is 0 Å². The van der Waals surface area contributed by atoms with E-state index in [1.807, 2.05) is 36.4 Å². The molecular formula is C21H16Cl3NO2S. The number of halogens is 3. The third kappa shape index (κ3) is 4.95. The number of benzene rings is 3. The zero-order valence-corrected chi connectivity index (χ0v) is 17.9. The lowest BCUT2D eigenvalue weighted by Gasteiger charge is -2.14. The van der Waals surface area contributed by atoms with E-state index in [-0.39, 0.29) is 17.1 Å². The van der Waals surface area contributed by atoms with Gasteiger partial charge in [-0.2, -0.15) is 0 Å². The first-order valence-electron chi connectivity index (χ1n) is 8.33. The molecule has 0 aliphatic carbocycles. The highest BCUT2D eigenvalue weighted by Crippen LogP contribution is 2.36. The van der Waals surface area contributed by atoms with Crippen molar-refractivity contribution in [1.29, 1.82) is 0 Å². The number of rotatable bonds is 6. The SMILES string of the molecule is CC(=O)c1cc(Cl)cc(NCc2ccccc2Sc2ccc(Cl)c(Cl)c2)c1O. The van der Waals surface area contributed by atoms with Crippen LogP contribution in [0, 0.1) is 0 Å². The third-order valence-corrected chi connectivity index (χ3v) is 6.08. The van der Waals surface area contributed by atoms with E-state index in [2.05, 4.69) is 5.32 Å². The van der Waals surface area contributed by atoms with Crippen molar-refractivity contribution in [2.24, 2.45) is 0 Å². The van der Waals surface area contributed by atoms with Gasteiger partial charge in [-0.3, -0.25) is 4.79 Å². The van der Waals surface area contributed by atoms with Crippen LogP contribution in [0.25, 0.3) is 0 Å². The van der Waals surface area contributed by atoms with Crippen molar-refractivity contribution in [2.75, 3.05) is 5.32 Å². The van der Waals surface area contributed by atoms with Gasteiger partial charge in [-0.05, 0) is 48.9 Å². The van der Waals surface area contributed by atoms with Crippen LogP contribution in [0.4, 0.5) is 5.69 Å². The van der Waals surface area contributed by atoms with Crippen molar-refractivity contribution in [3.63, 3.8) is 0 Å². The summed E-state index contributed by atoms with van der Waals surface area (Å²) in [4.78, 5) is 13.7. The standard InChI is InChI=1S/C21H16Cl3NO2S/c1-12(26)16-8-14(22)9-19(21(16)27)25-11-13-4-2-3-5-20(13)28-15-6-7-17(23)18(24)10-15/h2-10,25,27H,11H2,1H3. The lowest BCUT2D eigenvalue weighted by atomic mass is 10.1. The van der Waals surface area contributed by atoms with Crippen LogP contribution in [0.15, 0.2) is 64.4 Å². The lowest BCUT2D eigenvalue weighted by Crippen LogP contribution is -2.03. The summed E-state index contributed by atoms with van der Waals surface area (Å²) in [6, 6.07) is 16.4. The van der Waals surface area contributed by atoms with E-state index in [0.717, 1.165) is 15.4 Å². The van der Waals surface area contributed by atoms with Gasteiger partial charge < -0.3 is 10.4 Å². The van der Waals surface area contributed by atoms with Gasteiger partial charge in [0.2, 0.25) is 0 Å². The molecule has 3 rings (SSSR count). The fourth-order valence-electron chi connectivity index (χ4n) is 2.61. The maximum Gasteiger partial charge on any atom is 0.163 e. The van der Waals surface area contributed by atoms with Crippen LogP contribution in [-0.4, -0.2) is 10.9 Å². The molecule has 0 bridgehead atoms. The minimum atomic E-state index is -0.251. The van der Waals surface area contributed by atoms with Crippen molar-refractivity contribution in [3.8, 4) is 5.75 Å². The van der Waals surface area contributed by atoms with Crippen LogP contribution in [0.1, 0.15) is 22.8 Å². The van der Waals surface area contributed by atoms with E-state index in [9.17, 15) is 9.90 Å². The summed E-state index contributed by atoms with van der Waals surface area (Å²) in [5, 5.41) is 14.9. The van der Waals surface area contributed by atoms with E-state index >= 15 is 0 Å². The van der Waals surface area contributed by atoms with Gasteiger partial charge in [-0.1, -0.05) is 64.8 Å². The van der Waals surface area contributed by atoms with Crippen LogP contribution in [0.5, 0.6) is 5.75 Å². The van der Waals surface area contributed by atoms with Gasteiger partial charge in [0.1, 0.15) is 5.75 Å². The molecule has 2 N–H and O–H groups in total. The minimum absolute atomic E-state index is 0.105. The summed E-state index contributed by atoms with van der Waals surface area (Å²) in [6.45, 7) is 1.83. The number of hydrogen-bond acceptors (Lipinski definition) is 4. The number of phenolic OH excluding ortho intramolecular Hbond substituents is 1. The normalized spacial score (nSPS) is 10.7. The molecule has 7 heteroatoms. The van der Waals surface area contributed by atoms with Crippen LogP contribution in [0.2, 0.25) is 15.1 Å². The summed E-state index contributed by atoms with van der Waals surface area (Å²) in [5.41, 5.74) is 1.61. The van der Waals surface area contributed by atoms with Gasteiger partial charge in [0.05, 0.1) is 21.3 Å². The molecule has 0 amide bonds. The predicted octanol–water partition coefficient (Wildman–Crippen LogP) is 7.32. The van der Waals surface area contributed by atoms with Crippen molar-refractivity contribution in [2.45, 2.75) is 23.3 Å². The van der Waals surface area contributed by atoms with E-state index in [1.54, 1.807) is 23.9 Å². The Kier molecular flexibility index (Phi) is 6.78. The number of phenols is 1. The number of carbonyl (C=O) groups excluding carboxylic acids is 1. The van der Waals surface area contributed by atoms with Gasteiger partial charge in [0.15, 0.2) is 5.78 Å². The van der Waals surface area contributed by atoms with E-state index in [1.165, 1.54) is 13.0 Å². The van der Waals surface area contributed by atoms with Gasteiger partial charge >= 0.3 is 0 Å². The second kappa shape index (κ2) is 9.10. The Morgan fingerprint density at radius 3 is 2.50 bits per heavy atom. The Morgan fingerprint density at radius 2 is 1.79 bits per heavy atom. The zero-order valence-electron chi connectivity index (χ0n) is 14.8. The lowest BCUT2D eigenvalue weighted by molar-refractivity contribution is 0.101. The topological polar surface area (TPSA) is 49.3 Å². The summed E-state index contributed by atoms with van der Waals surface area (Å²) in [5.74, 6) is -0.356. The Bertz CT molecular complexity index is 1040. The second-order valence-corrected chi connectivity index (χ2v) is 8.41. The number of carbonyl (C=O) groups is 1. The molecule has 0 saturated carbocycles. The van der Waals surface area contributed by atoms with E-state index < -0.39 is 0 Å². The van der Waals surface area contributed by atoms with Crippen LogP contribution >= 0.6 is 46.6 Å². The average molecular weight is 453 g/mol. The molecule has 0 radical (unpaired) electrons. The molecule has 0 aliphatic heterocycles. The highest BCUT2D eigenvalue weighted by Gasteiger charge is 2.14. The van der Waals surface area contributed by atoms with Crippen molar-refractivity contribution >= 4 is 58.0 Å². The fourth-order valence-corrected chi connectivity index (χ4v) is 4.18.